The molecular formula is C20H23N5O2. The number of hydrogen-bond donors (Lipinski definition) is 2. The number of nitrogens with zero attached hydrogens (tertiary/aromatic N) is 3. The molecule has 0 spiro atoms. The second-order valence-corrected chi connectivity index (χ2v) is 6.20. The largest absolute Gasteiger partial charge is 0.337 e. The van der Waals surface area contributed by atoms with Crippen LogP contribution in [-0.2, 0) is 19.3 Å². The molecule has 3 aromatic rings. The van der Waals surface area contributed by atoms with Gasteiger partial charge in [-0.2, -0.15) is 4.98 Å². The number of carbonyl (C=O) groups is 1. The molecule has 2 aromatic heterocycles. The molecule has 2 heterocycles. The summed E-state index contributed by atoms with van der Waals surface area (Å²) < 4.78 is 5.17. The molecule has 0 bridgehead atoms. The third kappa shape index (κ3) is 5.13. The maximum Gasteiger partial charge on any atom is 0.319 e. The molecule has 0 aliphatic carbocycles. The monoisotopic (exact) mass is 365 g/mol. The summed E-state index contributed by atoms with van der Waals surface area (Å²) in [6.45, 7) is 3.75. The summed E-state index contributed by atoms with van der Waals surface area (Å²) in [4.78, 5) is 21.0. The highest BCUT2D eigenvalue weighted by Gasteiger charge is 2.16. The number of pyridine rings is 1. The van der Waals surface area contributed by atoms with Gasteiger partial charge in [0.2, 0.25) is 5.89 Å². The highest BCUT2D eigenvalue weighted by molar-refractivity contribution is 5.90. The SMILES string of the molecule is CCc1noc([C@H](C)NC(=O)Nc2ccccc2CCc2ccccn2)n1. The topological polar surface area (TPSA) is 92.9 Å². The maximum atomic E-state index is 12.4. The Morgan fingerprint density at radius 2 is 1.96 bits per heavy atom. The molecule has 0 aliphatic rings. The second-order valence-electron chi connectivity index (χ2n) is 6.20. The number of amides is 2. The van der Waals surface area contributed by atoms with E-state index < -0.39 is 0 Å². The summed E-state index contributed by atoms with van der Waals surface area (Å²) >= 11 is 0. The number of hydrogen-bond acceptors (Lipinski definition) is 5. The predicted octanol–water partition coefficient (Wildman–Crippen LogP) is 3.69. The van der Waals surface area contributed by atoms with Crippen molar-refractivity contribution in [1.29, 1.82) is 0 Å². The van der Waals surface area contributed by atoms with Crippen molar-refractivity contribution in [1.82, 2.24) is 20.4 Å². The molecule has 2 N–H and O–H groups in total. The number of rotatable bonds is 7. The van der Waals surface area contributed by atoms with Crippen LogP contribution in [0.2, 0.25) is 0 Å². The van der Waals surface area contributed by atoms with Crippen molar-refractivity contribution in [2.24, 2.45) is 0 Å². The molecule has 1 aromatic carbocycles. The Balaban J connectivity index is 1.60. The summed E-state index contributed by atoms with van der Waals surface area (Å²) in [5.74, 6) is 1.02. The van der Waals surface area contributed by atoms with Gasteiger partial charge in [-0.3, -0.25) is 4.98 Å². The van der Waals surface area contributed by atoms with Crippen LogP contribution in [0.1, 0.15) is 42.9 Å². The van der Waals surface area contributed by atoms with Gasteiger partial charge in [0, 0.05) is 24.0 Å². The zero-order chi connectivity index (χ0) is 19.1. The third-order valence-electron chi connectivity index (χ3n) is 4.16. The Hall–Kier alpha value is -3.22. The Labute approximate surface area is 158 Å². The van der Waals surface area contributed by atoms with Crippen LogP contribution in [-0.4, -0.2) is 21.2 Å². The van der Waals surface area contributed by atoms with E-state index in [0.717, 1.165) is 29.8 Å². The lowest BCUT2D eigenvalue weighted by molar-refractivity contribution is 0.245. The minimum atomic E-state index is -0.376. The van der Waals surface area contributed by atoms with Crippen molar-refractivity contribution in [2.75, 3.05) is 5.32 Å². The number of para-hydroxylation sites is 1. The highest BCUT2D eigenvalue weighted by atomic mass is 16.5. The molecule has 0 saturated heterocycles. The lowest BCUT2D eigenvalue weighted by Gasteiger charge is -2.14. The third-order valence-corrected chi connectivity index (χ3v) is 4.16. The van der Waals surface area contributed by atoms with Gasteiger partial charge in [0.15, 0.2) is 5.82 Å². The van der Waals surface area contributed by atoms with Crippen molar-refractivity contribution < 1.29 is 9.32 Å². The van der Waals surface area contributed by atoms with Crippen LogP contribution in [0, 0.1) is 0 Å². The average molecular weight is 365 g/mol. The summed E-state index contributed by atoms with van der Waals surface area (Å²) in [7, 11) is 0. The lowest BCUT2D eigenvalue weighted by Crippen LogP contribution is -2.31. The Morgan fingerprint density at radius 1 is 1.15 bits per heavy atom. The normalized spacial score (nSPS) is 11.8. The van der Waals surface area contributed by atoms with E-state index in [1.165, 1.54) is 0 Å². The number of benzene rings is 1. The van der Waals surface area contributed by atoms with Gasteiger partial charge in [0.1, 0.15) is 6.04 Å². The number of carbonyl (C=O) groups excluding carboxylic acids is 1. The van der Waals surface area contributed by atoms with E-state index in [4.69, 9.17) is 4.52 Å². The van der Waals surface area contributed by atoms with Gasteiger partial charge in [0.25, 0.3) is 0 Å². The van der Waals surface area contributed by atoms with E-state index in [1.807, 2.05) is 49.4 Å². The molecule has 0 fully saturated rings. The van der Waals surface area contributed by atoms with Gasteiger partial charge >= 0.3 is 6.03 Å². The number of nitrogens with one attached hydrogen (secondary N) is 2. The Kier molecular flexibility index (Phi) is 6.14. The van der Waals surface area contributed by atoms with Crippen LogP contribution in [0.3, 0.4) is 0 Å². The first-order valence-electron chi connectivity index (χ1n) is 9.03. The van der Waals surface area contributed by atoms with E-state index in [-0.39, 0.29) is 12.1 Å². The minimum Gasteiger partial charge on any atom is -0.337 e. The summed E-state index contributed by atoms with van der Waals surface area (Å²) in [5.41, 5.74) is 2.85. The molecule has 7 nitrogen and oxygen atoms in total. The van der Waals surface area contributed by atoms with Crippen molar-refractivity contribution in [2.45, 2.75) is 39.2 Å². The van der Waals surface area contributed by atoms with Crippen molar-refractivity contribution in [3.63, 3.8) is 0 Å². The predicted molar refractivity (Wildman–Crippen MR) is 102 cm³/mol. The number of aryl methyl sites for hydroxylation is 3. The van der Waals surface area contributed by atoms with Crippen molar-refractivity contribution in [3.05, 3.63) is 71.6 Å². The van der Waals surface area contributed by atoms with Crippen LogP contribution >= 0.6 is 0 Å². The summed E-state index contributed by atoms with van der Waals surface area (Å²) in [6, 6.07) is 12.9. The molecule has 3 rings (SSSR count). The molecule has 140 valence electrons. The Bertz CT molecular complexity index is 879. The standard InChI is InChI=1S/C20H23N5O2/c1-3-18-24-19(27-25-18)14(2)22-20(26)23-17-10-5-4-8-15(17)11-12-16-9-6-7-13-21-16/h4-10,13-14H,3,11-12H2,1-2H3,(H2,22,23,26)/t14-/m0/s1. The molecule has 0 unspecified atom stereocenters. The van der Waals surface area contributed by atoms with Crippen LogP contribution in [0.15, 0.2) is 53.2 Å². The molecule has 1 atom stereocenters. The first-order chi connectivity index (χ1) is 13.2. The summed E-state index contributed by atoms with van der Waals surface area (Å²) in [6.07, 6.45) is 4.06. The average Bonchev–Trinajstić information content (AvgIpc) is 3.17. The Morgan fingerprint density at radius 3 is 2.70 bits per heavy atom. The molecule has 7 heteroatoms. The van der Waals surface area contributed by atoms with E-state index in [1.54, 1.807) is 13.1 Å². The molecule has 0 saturated carbocycles. The quantitative estimate of drug-likeness (QED) is 0.666. The van der Waals surface area contributed by atoms with Crippen LogP contribution < -0.4 is 10.6 Å². The van der Waals surface area contributed by atoms with Gasteiger partial charge < -0.3 is 15.2 Å². The second kappa shape index (κ2) is 8.93. The molecule has 0 aliphatic heterocycles. The maximum absolute atomic E-state index is 12.4. The van der Waals surface area contributed by atoms with Crippen LogP contribution in [0.25, 0.3) is 0 Å². The van der Waals surface area contributed by atoms with Crippen molar-refractivity contribution in [3.8, 4) is 0 Å². The van der Waals surface area contributed by atoms with Gasteiger partial charge in [0.05, 0.1) is 0 Å². The number of aromatic nitrogens is 3. The van der Waals surface area contributed by atoms with E-state index in [9.17, 15) is 4.79 Å². The zero-order valence-electron chi connectivity index (χ0n) is 15.5. The van der Waals surface area contributed by atoms with E-state index in [2.05, 4.69) is 25.8 Å². The minimum absolute atomic E-state index is 0.316. The fraction of sp³-hybridized carbons (Fsp3) is 0.300. The lowest BCUT2D eigenvalue weighted by atomic mass is 10.1. The van der Waals surface area contributed by atoms with Gasteiger partial charge in [-0.25, -0.2) is 4.79 Å². The molecule has 2 amide bonds. The molecule has 0 radical (unpaired) electrons. The van der Waals surface area contributed by atoms with E-state index in [0.29, 0.717) is 18.1 Å². The van der Waals surface area contributed by atoms with Gasteiger partial charge in [-0.15, -0.1) is 0 Å². The first kappa shape index (κ1) is 18.6. The van der Waals surface area contributed by atoms with Crippen LogP contribution in [0.5, 0.6) is 0 Å². The van der Waals surface area contributed by atoms with Crippen molar-refractivity contribution >= 4 is 11.7 Å². The summed E-state index contributed by atoms with van der Waals surface area (Å²) in [5, 5.41) is 9.58. The number of urea groups is 1. The number of anilines is 1. The smallest absolute Gasteiger partial charge is 0.319 e. The van der Waals surface area contributed by atoms with E-state index >= 15 is 0 Å². The van der Waals surface area contributed by atoms with Crippen LogP contribution in [0.4, 0.5) is 10.5 Å². The van der Waals surface area contributed by atoms with Gasteiger partial charge in [-0.1, -0.05) is 36.3 Å². The molecular weight excluding hydrogens is 342 g/mol. The van der Waals surface area contributed by atoms with Gasteiger partial charge in [-0.05, 0) is 43.5 Å². The fourth-order valence-electron chi connectivity index (χ4n) is 2.67. The zero-order valence-corrected chi connectivity index (χ0v) is 15.5. The fourth-order valence-corrected chi connectivity index (χ4v) is 2.67. The highest BCUT2D eigenvalue weighted by Crippen LogP contribution is 2.18. The molecule has 27 heavy (non-hydrogen) atoms. The first-order valence-corrected chi connectivity index (χ1v) is 9.03.